The average Bonchev–Trinajstić information content (AvgIpc) is 2.04. The van der Waals surface area contributed by atoms with Crippen molar-refractivity contribution in [2.24, 2.45) is 5.90 Å². The highest BCUT2D eigenvalue weighted by atomic mass is 16.6. The van der Waals surface area contributed by atoms with E-state index in [0.29, 0.717) is 12.5 Å². The van der Waals surface area contributed by atoms with Gasteiger partial charge in [0.25, 0.3) is 0 Å². The minimum absolute atomic E-state index is 0.367. The Morgan fingerprint density at radius 3 is 2.31 bits per heavy atom. The molecule has 1 atom stereocenters. The molecular formula is C11H17NO. The van der Waals surface area contributed by atoms with E-state index >= 15 is 0 Å². The van der Waals surface area contributed by atoms with Crippen LogP contribution in [0, 0.1) is 13.8 Å². The van der Waals surface area contributed by atoms with Gasteiger partial charge in [0, 0.05) is 5.92 Å². The van der Waals surface area contributed by atoms with Crippen molar-refractivity contribution in [3.05, 3.63) is 34.9 Å². The number of rotatable bonds is 3. The van der Waals surface area contributed by atoms with Crippen LogP contribution in [0.4, 0.5) is 0 Å². The van der Waals surface area contributed by atoms with E-state index in [0.717, 1.165) is 0 Å². The first-order valence-electron chi connectivity index (χ1n) is 4.54. The largest absolute Gasteiger partial charge is 0.304 e. The lowest BCUT2D eigenvalue weighted by Crippen LogP contribution is -2.10. The second-order valence-electron chi connectivity index (χ2n) is 3.54. The van der Waals surface area contributed by atoms with Gasteiger partial charge in [-0.2, -0.15) is 0 Å². The summed E-state index contributed by atoms with van der Waals surface area (Å²) in [7, 11) is 0. The molecule has 0 aromatic heterocycles. The molecule has 0 aliphatic heterocycles. The number of hydrogen-bond donors (Lipinski definition) is 1. The van der Waals surface area contributed by atoms with Crippen LogP contribution in [0.2, 0.25) is 0 Å². The molecular weight excluding hydrogens is 162 g/mol. The van der Waals surface area contributed by atoms with Gasteiger partial charge in [0.1, 0.15) is 0 Å². The Morgan fingerprint density at radius 1 is 1.31 bits per heavy atom. The van der Waals surface area contributed by atoms with Gasteiger partial charge in [-0.15, -0.1) is 0 Å². The van der Waals surface area contributed by atoms with Crippen LogP contribution in [0.25, 0.3) is 0 Å². The summed E-state index contributed by atoms with van der Waals surface area (Å²) in [6.07, 6.45) is 0. The van der Waals surface area contributed by atoms with Gasteiger partial charge in [-0.1, -0.05) is 25.1 Å². The Morgan fingerprint density at radius 2 is 1.85 bits per heavy atom. The minimum atomic E-state index is 0.367. The minimum Gasteiger partial charge on any atom is -0.304 e. The molecule has 0 radical (unpaired) electrons. The molecule has 1 unspecified atom stereocenters. The summed E-state index contributed by atoms with van der Waals surface area (Å²) in [6.45, 7) is 6.94. The van der Waals surface area contributed by atoms with Crippen LogP contribution >= 0.6 is 0 Å². The van der Waals surface area contributed by atoms with Crippen molar-refractivity contribution >= 4 is 0 Å². The zero-order valence-electron chi connectivity index (χ0n) is 8.50. The van der Waals surface area contributed by atoms with E-state index in [9.17, 15) is 0 Å². The number of hydrogen-bond acceptors (Lipinski definition) is 2. The summed E-state index contributed by atoms with van der Waals surface area (Å²) in [5.41, 5.74) is 3.97. The Labute approximate surface area is 79.7 Å². The molecule has 0 bridgehead atoms. The fourth-order valence-corrected chi connectivity index (χ4v) is 1.83. The molecule has 1 aromatic rings. The molecule has 13 heavy (non-hydrogen) atoms. The number of aryl methyl sites for hydroxylation is 2. The van der Waals surface area contributed by atoms with Crippen LogP contribution in [-0.4, -0.2) is 6.61 Å². The average molecular weight is 179 g/mol. The van der Waals surface area contributed by atoms with E-state index in [1.54, 1.807) is 0 Å². The van der Waals surface area contributed by atoms with Crippen molar-refractivity contribution in [1.29, 1.82) is 0 Å². The number of benzene rings is 1. The summed E-state index contributed by atoms with van der Waals surface area (Å²) in [5, 5.41) is 0. The van der Waals surface area contributed by atoms with Crippen LogP contribution in [-0.2, 0) is 4.84 Å². The zero-order chi connectivity index (χ0) is 9.84. The summed E-state index contributed by atoms with van der Waals surface area (Å²) in [5.74, 6) is 5.43. The summed E-state index contributed by atoms with van der Waals surface area (Å²) >= 11 is 0. The molecule has 0 aliphatic carbocycles. The maximum absolute atomic E-state index is 5.07. The van der Waals surface area contributed by atoms with Gasteiger partial charge in [-0.25, -0.2) is 5.90 Å². The monoisotopic (exact) mass is 179 g/mol. The van der Waals surface area contributed by atoms with E-state index in [4.69, 9.17) is 5.90 Å². The summed E-state index contributed by atoms with van der Waals surface area (Å²) in [4.78, 5) is 4.67. The fraction of sp³-hybridized carbons (Fsp3) is 0.455. The van der Waals surface area contributed by atoms with Crippen molar-refractivity contribution in [3.63, 3.8) is 0 Å². The Kier molecular flexibility index (Phi) is 3.46. The molecule has 0 saturated carbocycles. The van der Waals surface area contributed by atoms with Crippen LogP contribution in [0.5, 0.6) is 0 Å². The maximum Gasteiger partial charge on any atom is 0.0745 e. The van der Waals surface area contributed by atoms with Crippen molar-refractivity contribution in [2.75, 3.05) is 6.61 Å². The topological polar surface area (TPSA) is 35.2 Å². The van der Waals surface area contributed by atoms with Crippen LogP contribution in [0.3, 0.4) is 0 Å². The highest BCUT2D eigenvalue weighted by Crippen LogP contribution is 2.22. The van der Waals surface area contributed by atoms with Crippen molar-refractivity contribution < 1.29 is 4.84 Å². The lowest BCUT2D eigenvalue weighted by atomic mass is 9.93. The van der Waals surface area contributed by atoms with Gasteiger partial charge in [0.2, 0.25) is 0 Å². The summed E-state index contributed by atoms with van der Waals surface area (Å²) in [6, 6.07) is 6.31. The fourth-order valence-electron chi connectivity index (χ4n) is 1.83. The van der Waals surface area contributed by atoms with Crippen LogP contribution < -0.4 is 5.90 Å². The van der Waals surface area contributed by atoms with Gasteiger partial charge in [-0.05, 0) is 30.5 Å². The lowest BCUT2D eigenvalue weighted by Gasteiger charge is -2.15. The van der Waals surface area contributed by atoms with E-state index in [-0.39, 0.29) is 0 Å². The third-order valence-corrected chi connectivity index (χ3v) is 2.38. The van der Waals surface area contributed by atoms with Crippen LogP contribution in [0.1, 0.15) is 29.5 Å². The smallest absolute Gasteiger partial charge is 0.0745 e. The number of nitrogens with two attached hydrogens (primary N) is 1. The highest BCUT2D eigenvalue weighted by molar-refractivity contribution is 5.36. The molecule has 1 rings (SSSR count). The molecule has 2 nitrogen and oxygen atoms in total. The molecule has 0 aliphatic rings. The van der Waals surface area contributed by atoms with Gasteiger partial charge in [-0.3, -0.25) is 0 Å². The molecule has 0 amide bonds. The molecule has 1 aromatic carbocycles. The Bertz CT molecular complexity index is 263. The molecule has 0 heterocycles. The second kappa shape index (κ2) is 4.40. The van der Waals surface area contributed by atoms with Gasteiger partial charge >= 0.3 is 0 Å². The Balaban J connectivity index is 2.98. The first kappa shape index (κ1) is 10.2. The zero-order valence-corrected chi connectivity index (χ0v) is 8.50. The highest BCUT2D eigenvalue weighted by Gasteiger charge is 2.10. The molecule has 0 saturated heterocycles. The van der Waals surface area contributed by atoms with Crippen molar-refractivity contribution in [1.82, 2.24) is 0 Å². The van der Waals surface area contributed by atoms with Gasteiger partial charge in [0.05, 0.1) is 6.61 Å². The maximum atomic E-state index is 5.07. The molecule has 0 spiro atoms. The SMILES string of the molecule is Cc1cccc(C)c1C(C)CON. The Hall–Kier alpha value is -0.860. The molecule has 72 valence electrons. The predicted molar refractivity (Wildman–Crippen MR) is 54.5 cm³/mol. The lowest BCUT2D eigenvalue weighted by molar-refractivity contribution is 0.126. The van der Waals surface area contributed by atoms with Crippen molar-refractivity contribution in [3.8, 4) is 0 Å². The first-order valence-corrected chi connectivity index (χ1v) is 4.54. The van der Waals surface area contributed by atoms with E-state index in [2.05, 4.69) is 43.8 Å². The summed E-state index contributed by atoms with van der Waals surface area (Å²) < 4.78 is 0. The predicted octanol–water partition coefficient (Wildman–Crippen LogP) is 2.30. The van der Waals surface area contributed by atoms with E-state index < -0.39 is 0 Å². The molecule has 2 heteroatoms. The molecule has 2 N–H and O–H groups in total. The standard InChI is InChI=1S/C11H17NO/c1-8-5-4-6-9(2)11(8)10(3)7-13-12/h4-6,10H,7,12H2,1-3H3. The first-order chi connectivity index (χ1) is 6.16. The molecule has 0 fully saturated rings. The quantitative estimate of drug-likeness (QED) is 0.722. The van der Waals surface area contributed by atoms with Crippen LogP contribution in [0.15, 0.2) is 18.2 Å². The third kappa shape index (κ3) is 2.29. The van der Waals surface area contributed by atoms with Gasteiger partial charge in [0.15, 0.2) is 0 Å². The second-order valence-corrected chi connectivity index (χ2v) is 3.54. The van der Waals surface area contributed by atoms with E-state index in [1.807, 2.05) is 0 Å². The van der Waals surface area contributed by atoms with Crippen molar-refractivity contribution in [2.45, 2.75) is 26.7 Å². The van der Waals surface area contributed by atoms with Gasteiger partial charge < -0.3 is 4.84 Å². The van der Waals surface area contributed by atoms with E-state index in [1.165, 1.54) is 16.7 Å². The normalized spacial score (nSPS) is 12.9. The third-order valence-electron chi connectivity index (χ3n) is 2.38.